The van der Waals surface area contributed by atoms with Crippen molar-refractivity contribution in [3.63, 3.8) is 0 Å². The van der Waals surface area contributed by atoms with E-state index in [0.29, 0.717) is 17.3 Å². The summed E-state index contributed by atoms with van der Waals surface area (Å²) in [7, 11) is 0. The molecule has 2 aliphatic heterocycles. The van der Waals surface area contributed by atoms with E-state index in [9.17, 15) is 9.59 Å². The van der Waals surface area contributed by atoms with Crippen LogP contribution >= 0.6 is 0 Å². The number of fused-ring (bicyclic) bond motifs is 8. The lowest BCUT2D eigenvalue weighted by Gasteiger charge is -2.65. The number of carbonyl (C=O) groups excluding carboxylic acids is 2. The highest BCUT2D eigenvalue weighted by Crippen LogP contribution is 2.74. The van der Waals surface area contributed by atoms with E-state index in [-0.39, 0.29) is 46.8 Å². The van der Waals surface area contributed by atoms with Crippen LogP contribution in [0.5, 0.6) is 0 Å². The summed E-state index contributed by atoms with van der Waals surface area (Å²) in [6, 6.07) is 0. The predicted octanol–water partition coefficient (Wildman–Crippen LogP) is 4.06. The van der Waals surface area contributed by atoms with Crippen LogP contribution in [-0.4, -0.2) is 36.7 Å². The van der Waals surface area contributed by atoms with Crippen LogP contribution in [0.3, 0.4) is 0 Å². The van der Waals surface area contributed by atoms with E-state index in [4.69, 9.17) is 18.9 Å². The largest absolute Gasteiger partial charge is 0.435 e. The number of carbonyl (C=O) groups is 2. The fraction of sp³-hybridized carbons (Fsp3) is 0.917. The molecule has 0 aromatic carbocycles. The lowest BCUT2D eigenvalue weighted by atomic mass is 9.38. The number of hydrogen-bond acceptors (Lipinski definition) is 6. The molecule has 5 rings (SSSR count). The molecule has 3 aliphatic carbocycles. The fourth-order valence-electron chi connectivity index (χ4n) is 8.76. The molecule has 2 saturated heterocycles. The Morgan fingerprint density at radius 2 is 1.50 bits per heavy atom. The minimum Gasteiger partial charge on any atom is -0.435 e. The van der Waals surface area contributed by atoms with Crippen LogP contribution < -0.4 is 0 Å². The van der Waals surface area contributed by atoms with Gasteiger partial charge in [-0.1, -0.05) is 34.1 Å². The minimum atomic E-state index is -0.710. The third kappa shape index (κ3) is 2.75. The normalized spacial score (nSPS) is 52.9. The van der Waals surface area contributed by atoms with Crippen molar-refractivity contribution in [3.05, 3.63) is 0 Å². The maximum atomic E-state index is 11.9. The molecule has 0 spiro atoms. The Labute approximate surface area is 179 Å². The first kappa shape index (κ1) is 20.7. The van der Waals surface area contributed by atoms with Crippen molar-refractivity contribution >= 4 is 11.9 Å². The third-order valence-corrected chi connectivity index (χ3v) is 9.55. The van der Waals surface area contributed by atoms with Crippen LogP contribution in [0.15, 0.2) is 0 Å². The van der Waals surface area contributed by atoms with Gasteiger partial charge in [0.05, 0.1) is 18.1 Å². The molecule has 0 N–H and O–H groups in total. The maximum Gasteiger partial charge on any atom is 0.304 e. The van der Waals surface area contributed by atoms with E-state index in [0.717, 1.165) is 6.42 Å². The fourth-order valence-corrected chi connectivity index (χ4v) is 8.76. The highest BCUT2D eigenvalue weighted by atomic mass is 16.8. The van der Waals surface area contributed by atoms with Crippen LogP contribution in [0.1, 0.15) is 73.6 Å². The Kier molecular flexibility index (Phi) is 4.45. The molecule has 3 unspecified atom stereocenters. The van der Waals surface area contributed by atoms with E-state index >= 15 is 0 Å². The Bertz CT molecular complexity index is 763. The third-order valence-electron chi connectivity index (χ3n) is 9.55. The zero-order valence-corrected chi connectivity index (χ0v) is 19.1. The smallest absolute Gasteiger partial charge is 0.304 e. The van der Waals surface area contributed by atoms with Gasteiger partial charge in [-0.15, -0.1) is 0 Å². The van der Waals surface area contributed by atoms with Gasteiger partial charge in [-0.05, 0) is 53.8 Å². The first-order valence-corrected chi connectivity index (χ1v) is 11.6. The van der Waals surface area contributed by atoms with Gasteiger partial charge >= 0.3 is 11.9 Å². The molecular weight excluding hydrogens is 384 g/mol. The summed E-state index contributed by atoms with van der Waals surface area (Å²) in [5, 5.41) is 0. The molecule has 2 heterocycles. The zero-order valence-electron chi connectivity index (χ0n) is 19.1. The van der Waals surface area contributed by atoms with Crippen molar-refractivity contribution in [3.8, 4) is 0 Å². The van der Waals surface area contributed by atoms with Crippen LogP contribution in [0.25, 0.3) is 0 Å². The molecule has 5 fully saturated rings. The molecule has 0 amide bonds. The number of rotatable bonds is 2. The molecule has 168 valence electrons. The average Bonchev–Trinajstić information content (AvgIpc) is 3.28. The Balaban J connectivity index is 1.55. The number of esters is 2. The number of epoxide rings is 1. The molecule has 5 aliphatic rings. The summed E-state index contributed by atoms with van der Waals surface area (Å²) in [6.45, 7) is 12.5. The molecular formula is C24H36O6. The number of hydrogen-bond donors (Lipinski definition) is 0. The summed E-state index contributed by atoms with van der Waals surface area (Å²) in [6.07, 6.45) is 4.77. The lowest BCUT2D eigenvalue weighted by Crippen LogP contribution is -2.63. The van der Waals surface area contributed by atoms with Crippen molar-refractivity contribution < 1.29 is 28.5 Å². The second-order valence-electron chi connectivity index (χ2n) is 11.7. The van der Waals surface area contributed by atoms with Gasteiger partial charge in [-0.25, -0.2) is 0 Å². The van der Waals surface area contributed by atoms with Crippen molar-refractivity contribution in [1.82, 2.24) is 0 Å². The predicted molar refractivity (Wildman–Crippen MR) is 108 cm³/mol. The summed E-state index contributed by atoms with van der Waals surface area (Å²) in [4.78, 5) is 23.6. The van der Waals surface area contributed by atoms with E-state index in [1.165, 1.54) is 39.5 Å². The Morgan fingerprint density at radius 3 is 2.17 bits per heavy atom. The van der Waals surface area contributed by atoms with E-state index < -0.39 is 12.6 Å². The molecule has 30 heavy (non-hydrogen) atoms. The van der Waals surface area contributed by atoms with Gasteiger partial charge in [0.2, 0.25) is 12.6 Å². The topological polar surface area (TPSA) is 74.4 Å². The van der Waals surface area contributed by atoms with Crippen LogP contribution in [0, 0.1) is 39.9 Å². The highest BCUT2D eigenvalue weighted by Gasteiger charge is 2.77. The van der Waals surface area contributed by atoms with E-state index in [2.05, 4.69) is 27.7 Å². The molecule has 3 saturated carbocycles. The molecule has 0 radical (unpaired) electrons. The van der Waals surface area contributed by atoms with Crippen molar-refractivity contribution in [2.75, 3.05) is 0 Å². The average molecular weight is 421 g/mol. The van der Waals surface area contributed by atoms with Crippen molar-refractivity contribution in [2.24, 2.45) is 39.9 Å². The van der Waals surface area contributed by atoms with Gasteiger partial charge in [0.25, 0.3) is 0 Å². The molecule has 10 atom stereocenters. The van der Waals surface area contributed by atoms with E-state index in [1.807, 2.05) is 0 Å². The number of ether oxygens (including phenoxy) is 4. The summed E-state index contributed by atoms with van der Waals surface area (Å²) < 4.78 is 23.7. The monoisotopic (exact) mass is 420 g/mol. The van der Waals surface area contributed by atoms with Crippen LogP contribution in [0.4, 0.5) is 0 Å². The van der Waals surface area contributed by atoms with Gasteiger partial charge in [0, 0.05) is 19.8 Å². The molecule has 6 heteroatoms. The molecule has 6 nitrogen and oxygen atoms in total. The van der Waals surface area contributed by atoms with Gasteiger partial charge < -0.3 is 18.9 Å². The second kappa shape index (κ2) is 6.44. The van der Waals surface area contributed by atoms with Crippen molar-refractivity contribution in [1.29, 1.82) is 0 Å². The quantitative estimate of drug-likeness (QED) is 0.495. The SMILES string of the molecule is CC(=O)O[C@@H]1O[C@H](OC(C)=O)[C@@H]2[C@H]1[C@@H]1OC1C1[C@@]3(C)CCCC(C)(C)C3CC[C@]12C. The Morgan fingerprint density at radius 1 is 0.833 bits per heavy atom. The van der Waals surface area contributed by atoms with Crippen LogP contribution in [-0.2, 0) is 28.5 Å². The second-order valence-corrected chi connectivity index (χ2v) is 11.7. The maximum absolute atomic E-state index is 11.9. The molecule has 0 aromatic heterocycles. The molecule has 0 aromatic rings. The highest BCUT2D eigenvalue weighted by molar-refractivity contribution is 5.66. The van der Waals surface area contributed by atoms with Crippen molar-refractivity contribution in [2.45, 2.75) is 98.4 Å². The first-order valence-electron chi connectivity index (χ1n) is 11.6. The minimum absolute atomic E-state index is 0.0126. The standard InChI is InChI=1S/C24H36O6/c1-12(25)27-20-15-16(21(30-20)28-13(2)26)24(6)11-8-14-22(3,4)9-7-10-23(14,5)19(24)18-17(15)29-18/h14-21H,7-11H2,1-6H3/t14?,15-,16-,17-,18?,19?,20+,21-,23-,24-/m0/s1. The first-order chi connectivity index (χ1) is 14.0. The summed E-state index contributed by atoms with van der Waals surface area (Å²) in [5.41, 5.74) is 0.437. The van der Waals surface area contributed by atoms with E-state index in [1.54, 1.807) is 0 Å². The van der Waals surface area contributed by atoms with Gasteiger partial charge in [0.15, 0.2) is 0 Å². The van der Waals surface area contributed by atoms with Crippen LogP contribution in [0.2, 0.25) is 0 Å². The lowest BCUT2D eigenvalue weighted by molar-refractivity contribution is -0.225. The van der Waals surface area contributed by atoms with Gasteiger partial charge in [-0.2, -0.15) is 0 Å². The molecule has 0 bridgehead atoms. The van der Waals surface area contributed by atoms with Gasteiger partial charge in [-0.3, -0.25) is 9.59 Å². The summed E-state index contributed by atoms with van der Waals surface area (Å²) in [5.74, 6) is 0.212. The zero-order chi connectivity index (χ0) is 21.6. The Hall–Kier alpha value is -1.14. The van der Waals surface area contributed by atoms with Gasteiger partial charge in [0.1, 0.15) is 0 Å². The summed E-state index contributed by atoms with van der Waals surface area (Å²) >= 11 is 0.